The van der Waals surface area contributed by atoms with Crippen molar-refractivity contribution in [1.82, 2.24) is 0 Å². The molecule has 0 saturated heterocycles. The molecular weight excluding hydrogens is 414 g/mol. The van der Waals surface area contributed by atoms with Gasteiger partial charge in [0.1, 0.15) is 6.61 Å². The van der Waals surface area contributed by atoms with E-state index >= 15 is 0 Å². The number of ether oxygens (including phenoxy) is 1. The van der Waals surface area contributed by atoms with E-state index in [1.807, 2.05) is 48.5 Å². The van der Waals surface area contributed by atoms with Crippen LogP contribution in [-0.2, 0) is 17.8 Å². The molecule has 1 aliphatic carbocycles. The number of aryl methyl sites for hydroxylation is 1. The molecular formula is C24H22ClN3O3. The average Bonchev–Trinajstić information content (AvgIpc) is 3.13. The molecule has 3 aromatic rings. The summed E-state index contributed by atoms with van der Waals surface area (Å²) >= 11 is 6.16. The third-order valence-corrected chi connectivity index (χ3v) is 5.37. The highest BCUT2D eigenvalue weighted by Crippen LogP contribution is 2.31. The highest BCUT2D eigenvalue weighted by Gasteiger charge is 2.19. The first-order chi connectivity index (χ1) is 15.0. The van der Waals surface area contributed by atoms with Crippen LogP contribution in [-0.4, -0.2) is 12.0 Å². The molecule has 2 amide bonds. The van der Waals surface area contributed by atoms with Gasteiger partial charge in [-0.15, -0.1) is 0 Å². The molecule has 0 unspecified atom stereocenters. The van der Waals surface area contributed by atoms with Gasteiger partial charge >= 0.3 is 6.09 Å². The second kappa shape index (κ2) is 9.20. The Morgan fingerprint density at radius 1 is 1.00 bits per heavy atom. The first kappa shape index (κ1) is 20.9. The lowest BCUT2D eigenvalue weighted by atomic mass is 10.1. The molecule has 0 saturated carbocycles. The first-order valence-electron chi connectivity index (χ1n) is 9.96. The number of carbonyl (C=O) groups is 2. The normalized spacial score (nSPS) is 14.6. The molecule has 7 heteroatoms. The van der Waals surface area contributed by atoms with Gasteiger partial charge in [-0.2, -0.15) is 0 Å². The van der Waals surface area contributed by atoms with Crippen molar-refractivity contribution < 1.29 is 14.3 Å². The second-order valence-corrected chi connectivity index (χ2v) is 7.86. The van der Waals surface area contributed by atoms with E-state index in [-0.39, 0.29) is 18.6 Å². The van der Waals surface area contributed by atoms with Gasteiger partial charge in [-0.1, -0.05) is 48.0 Å². The van der Waals surface area contributed by atoms with Crippen molar-refractivity contribution in [3.05, 3.63) is 94.0 Å². The summed E-state index contributed by atoms with van der Waals surface area (Å²) in [6.07, 6.45) is 1.23. The van der Waals surface area contributed by atoms with Gasteiger partial charge in [-0.25, -0.2) is 4.79 Å². The van der Waals surface area contributed by atoms with Crippen molar-refractivity contribution in [2.75, 3.05) is 10.6 Å². The Balaban J connectivity index is 1.41. The number of anilines is 2. The molecule has 0 fully saturated rings. The summed E-state index contributed by atoms with van der Waals surface area (Å²) in [5.74, 6) is -0.338. The van der Waals surface area contributed by atoms with Crippen LogP contribution >= 0.6 is 11.6 Å². The van der Waals surface area contributed by atoms with Gasteiger partial charge in [0.05, 0.1) is 0 Å². The maximum absolute atomic E-state index is 12.8. The Kier molecular flexibility index (Phi) is 6.21. The molecule has 1 aliphatic rings. The van der Waals surface area contributed by atoms with Gasteiger partial charge in [0.25, 0.3) is 5.91 Å². The number of hydrogen-bond donors (Lipinski definition) is 3. The monoisotopic (exact) mass is 435 g/mol. The Bertz CT molecular complexity index is 1120. The number of rotatable bonds is 5. The number of nitrogens with one attached hydrogen (secondary N) is 2. The topological polar surface area (TPSA) is 93.5 Å². The summed E-state index contributed by atoms with van der Waals surface area (Å²) in [5, 5.41) is 5.80. The van der Waals surface area contributed by atoms with Crippen molar-refractivity contribution >= 4 is 35.0 Å². The zero-order valence-corrected chi connectivity index (χ0v) is 17.5. The highest BCUT2D eigenvalue weighted by molar-refractivity contribution is 6.31. The van der Waals surface area contributed by atoms with Gasteiger partial charge in [-0.05, 0) is 59.9 Å². The summed E-state index contributed by atoms with van der Waals surface area (Å²) < 4.78 is 5.22. The van der Waals surface area contributed by atoms with Crippen molar-refractivity contribution in [1.29, 1.82) is 0 Å². The predicted octanol–water partition coefficient (Wildman–Crippen LogP) is 5.29. The number of halogens is 1. The fourth-order valence-electron chi connectivity index (χ4n) is 3.59. The molecule has 0 heterocycles. The zero-order valence-electron chi connectivity index (χ0n) is 16.7. The third-order valence-electron chi connectivity index (χ3n) is 5.15. The van der Waals surface area contributed by atoms with E-state index in [1.165, 1.54) is 11.6 Å². The lowest BCUT2D eigenvalue weighted by molar-refractivity contribution is 0.102. The molecule has 0 radical (unpaired) electrons. The standard InChI is InChI=1S/C24H22ClN3O3/c25-18-10-17(23(29)27-19-8-6-16-7-9-22(26)21(16)13-19)11-20(12-18)28-24(30)31-14-15-4-2-1-3-5-15/h1-6,8,10-13,22H,7,9,14,26H2,(H,27,29)(H,28,30)/t22-/m0/s1. The van der Waals surface area contributed by atoms with Crippen LogP contribution in [0.2, 0.25) is 5.02 Å². The van der Waals surface area contributed by atoms with Crippen LogP contribution in [0.3, 0.4) is 0 Å². The largest absolute Gasteiger partial charge is 0.444 e. The zero-order chi connectivity index (χ0) is 21.8. The van der Waals surface area contributed by atoms with Crippen LogP contribution in [0.25, 0.3) is 0 Å². The molecule has 0 bridgehead atoms. The molecule has 6 nitrogen and oxygen atoms in total. The Morgan fingerprint density at radius 2 is 1.81 bits per heavy atom. The van der Waals surface area contributed by atoms with Crippen molar-refractivity contribution in [2.24, 2.45) is 5.73 Å². The van der Waals surface area contributed by atoms with Crippen LogP contribution in [0.4, 0.5) is 16.2 Å². The summed E-state index contributed by atoms with van der Waals surface area (Å²) in [6.45, 7) is 0.140. The molecule has 3 aromatic carbocycles. The van der Waals surface area contributed by atoms with Crippen LogP contribution < -0.4 is 16.4 Å². The number of carbonyl (C=O) groups excluding carboxylic acids is 2. The molecule has 4 rings (SSSR count). The Morgan fingerprint density at radius 3 is 2.61 bits per heavy atom. The quantitative estimate of drug-likeness (QED) is 0.507. The predicted molar refractivity (Wildman–Crippen MR) is 121 cm³/mol. The van der Waals surface area contributed by atoms with E-state index in [2.05, 4.69) is 10.6 Å². The lowest BCUT2D eigenvalue weighted by Gasteiger charge is -2.12. The number of benzene rings is 3. The number of amides is 2. The van der Waals surface area contributed by atoms with Crippen LogP contribution in [0.15, 0.2) is 66.7 Å². The van der Waals surface area contributed by atoms with Gasteiger partial charge in [0.15, 0.2) is 0 Å². The van der Waals surface area contributed by atoms with Gasteiger partial charge in [-0.3, -0.25) is 10.1 Å². The van der Waals surface area contributed by atoms with Gasteiger partial charge in [0.2, 0.25) is 0 Å². The van der Waals surface area contributed by atoms with E-state index in [9.17, 15) is 9.59 Å². The van der Waals surface area contributed by atoms with Gasteiger partial charge < -0.3 is 15.8 Å². The summed E-state index contributed by atoms with van der Waals surface area (Å²) in [5.41, 5.74) is 10.6. The van der Waals surface area contributed by atoms with E-state index in [4.69, 9.17) is 22.1 Å². The molecule has 0 aliphatic heterocycles. The highest BCUT2D eigenvalue weighted by atomic mass is 35.5. The first-order valence-corrected chi connectivity index (χ1v) is 10.3. The molecule has 31 heavy (non-hydrogen) atoms. The molecule has 0 spiro atoms. The van der Waals surface area contributed by atoms with Crippen LogP contribution in [0.1, 0.15) is 39.5 Å². The fraction of sp³-hybridized carbons (Fsp3) is 0.167. The van der Waals surface area contributed by atoms with E-state index in [0.29, 0.717) is 22.0 Å². The van der Waals surface area contributed by atoms with E-state index in [1.54, 1.807) is 12.1 Å². The van der Waals surface area contributed by atoms with E-state index in [0.717, 1.165) is 24.0 Å². The summed E-state index contributed by atoms with van der Waals surface area (Å²) in [6, 6.07) is 19.7. The number of fused-ring (bicyclic) bond motifs is 1. The maximum atomic E-state index is 12.8. The smallest absolute Gasteiger partial charge is 0.411 e. The SMILES string of the molecule is N[C@H]1CCc2ccc(NC(=O)c3cc(Cl)cc(NC(=O)OCc4ccccc4)c3)cc21. The fourth-order valence-corrected chi connectivity index (χ4v) is 3.82. The molecule has 4 N–H and O–H groups in total. The van der Waals surface area contributed by atoms with Crippen molar-refractivity contribution in [2.45, 2.75) is 25.5 Å². The minimum Gasteiger partial charge on any atom is -0.444 e. The second-order valence-electron chi connectivity index (χ2n) is 7.43. The minimum absolute atomic E-state index is 0.00396. The van der Waals surface area contributed by atoms with Crippen LogP contribution in [0.5, 0.6) is 0 Å². The maximum Gasteiger partial charge on any atom is 0.411 e. The molecule has 158 valence electrons. The number of nitrogens with two attached hydrogens (primary N) is 1. The Labute approximate surface area is 185 Å². The lowest BCUT2D eigenvalue weighted by Crippen LogP contribution is -2.16. The average molecular weight is 436 g/mol. The number of hydrogen-bond acceptors (Lipinski definition) is 4. The van der Waals surface area contributed by atoms with Crippen LogP contribution in [0, 0.1) is 0 Å². The minimum atomic E-state index is -0.634. The van der Waals surface area contributed by atoms with Crippen molar-refractivity contribution in [3.63, 3.8) is 0 Å². The van der Waals surface area contributed by atoms with Gasteiger partial charge in [0, 0.05) is 28.0 Å². The summed E-state index contributed by atoms with van der Waals surface area (Å²) in [7, 11) is 0. The summed E-state index contributed by atoms with van der Waals surface area (Å²) in [4.78, 5) is 24.9. The Hall–Kier alpha value is -3.35. The van der Waals surface area contributed by atoms with E-state index < -0.39 is 6.09 Å². The third kappa shape index (κ3) is 5.23. The van der Waals surface area contributed by atoms with Crippen molar-refractivity contribution in [3.8, 4) is 0 Å². The molecule has 1 atom stereocenters. The molecule has 0 aromatic heterocycles.